The monoisotopic (exact) mass is 810 g/mol. The van der Waals surface area contributed by atoms with Gasteiger partial charge in [-0.05, 0) is 167 Å². The summed E-state index contributed by atoms with van der Waals surface area (Å²) in [6.07, 6.45) is 25.3. The molecule has 7 aromatic carbocycles. The summed E-state index contributed by atoms with van der Waals surface area (Å²) in [5, 5.41) is 2.53. The number of benzene rings is 7. The second-order valence-corrected chi connectivity index (χ2v) is 18.6. The fourth-order valence-corrected chi connectivity index (χ4v) is 12.2. The fourth-order valence-electron chi connectivity index (χ4n) is 12.2. The van der Waals surface area contributed by atoms with E-state index in [1.54, 1.807) is 11.1 Å². The highest BCUT2D eigenvalue weighted by Crippen LogP contribution is 2.61. The van der Waals surface area contributed by atoms with Gasteiger partial charge in [0.1, 0.15) is 0 Å². The topological polar surface area (TPSA) is 6.48 Å². The number of allylic oxidation sites excluding steroid dienone is 8. The van der Waals surface area contributed by atoms with Crippen LogP contribution in [0.15, 0.2) is 192 Å². The van der Waals surface area contributed by atoms with Crippen LogP contribution >= 0.6 is 0 Å². The van der Waals surface area contributed by atoms with Crippen LogP contribution in [0.25, 0.3) is 34.1 Å². The summed E-state index contributed by atoms with van der Waals surface area (Å²) in [7, 11) is 0. The third-order valence-corrected chi connectivity index (χ3v) is 15.2. The predicted molar refractivity (Wildman–Crippen MR) is 265 cm³/mol. The first-order valence-electron chi connectivity index (χ1n) is 23.3. The van der Waals surface area contributed by atoms with Crippen molar-refractivity contribution in [1.82, 2.24) is 0 Å². The molecule has 7 aromatic rings. The van der Waals surface area contributed by atoms with E-state index in [9.17, 15) is 0 Å². The third-order valence-electron chi connectivity index (χ3n) is 15.2. The van der Waals surface area contributed by atoms with E-state index in [0.29, 0.717) is 0 Å². The van der Waals surface area contributed by atoms with Crippen molar-refractivity contribution in [3.8, 4) is 11.1 Å². The summed E-state index contributed by atoms with van der Waals surface area (Å²) in [5.41, 5.74) is 25.1. The van der Waals surface area contributed by atoms with Gasteiger partial charge in [-0.15, -0.1) is 0 Å². The predicted octanol–water partition coefficient (Wildman–Crippen LogP) is 16.0. The van der Waals surface area contributed by atoms with Gasteiger partial charge in [0.25, 0.3) is 0 Å². The van der Waals surface area contributed by atoms with Gasteiger partial charge in [-0.3, -0.25) is 0 Å². The van der Waals surface area contributed by atoms with Gasteiger partial charge in [0.05, 0.1) is 5.69 Å². The molecule has 0 aromatic heterocycles. The molecule has 0 N–H and O–H groups in total. The summed E-state index contributed by atoms with van der Waals surface area (Å²) in [4.78, 5) is 5.14. The molecule has 2 heterocycles. The molecule has 0 fully saturated rings. The smallest absolute Gasteiger partial charge is 0.0540 e. The number of rotatable bonds is 4. The Balaban J connectivity index is 0.906. The summed E-state index contributed by atoms with van der Waals surface area (Å²) < 4.78 is 0. The summed E-state index contributed by atoms with van der Waals surface area (Å²) >= 11 is 0. The van der Waals surface area contributed by atoms with Crippen molar-refractivity contribution >= 4 is 51.4 Å². The number of para-hydroxylation sites is 3. The zero-order valence-corrected chi connectivity index (χ0v) is 35.8. The lowest BCUT2D eigenvalue weighted by molar-refractivity contribution is 0.556. The van der Waals surface area contributed by atoms with E-state index in [4.69, 9.17) is 0 Å². The Hall–Kier alpha value is -6.90. The van der Waals surface area contributed by atoms with Crippen LogP contribution in [0.3, 0.4) is 0 Å². The minimum Gasteiger partial charge on any atom is -0.314 e. The summed E-state index contributed by atoms with van der Waals surface area (Å²) in [6.45, 7) is 0. The highest BCUT2D eigenvalue weighted by molar-refractivity contribution is 6.04. The van der Waals surface area contributed by atoms with Crippen LogP contribution in [0, 0.1) is 0 Å². The highest BCUT2D eigenvalue weighted by Gasteiger charge is 2.48. The molecular weight excluding hydrogens is 761 g/mol. The Labute approximate surface area is 371 Å². The molecular formula is C61H50N2. The lowest BCUT2D eigenvalue weighted by Crippen LogP contribution is -2.24. The Morgan fingerprint density at radius 2 is 1.06 bits per heavy atom. The van der Waals surface area contributed by atoms with E-state index in [0.717, 1.165) is 57.8 Å². The molecule has 304 valence electrons. The average Bonchev–Trinajstić information content (AvgIpc) is 3.71. The normalized spacial score (nSPS) is 19.4. The van der Waals surface area contributed by atoms with Crippen molar-refractivity contribution < 1.29 is 0 Å². The van der Waals surface area contributed by atoms with Crippen molar-refractivity contribution in [3.05, 3.63) is 231 Å². The highest BCUT2D eigenvalue weighted by atomic mass is 15.2. The lowest BCUT2D eigenvalue weighted by Gasteiger charge is -2.33. The van der Waals surface area contributed by atoms with Crippen molar-refractivity contribution in [2.45, 2.75) is 69.6 Å². The van der Waals surface area contributed by atoms with Crippen molar-refractivity contribution in [2.75, 3.05) is 9.80 Å². The summed E-state index contributed by atoms with van der Waals surface area (Å²) in [6, 6.07) is 55.5. The molecule has 4 aliphatic carbocycles. The van der Waals surface area contributed by atoms with Gasteiger partial charge >= 0.3 is 0 Å². The maximum Gasteiger partial charge on any atom is 0.0540 e. The van der Waals surface area contributed by atoms with E-state index >= 15 is 0 Å². The largest absolute Gasteiger partial charge is 0.314 e. The minimum atomic E-state index is -0.0764. The number of hydrogen-bond acceptors (Lipinski definition) is 2. The number of fused-ring (bicyclic) bond motifs is 9. The molecule has 0 saturated heterocycles. The van der Waals surface area contributed by atoms with Crippen LogP contribution in [0.4, 0.5) is 28.4 Å². The molecule has 0 bridgehead atoms. The Morgan fingerprint density at radius 3 is 1.83 bits per heavy atom. The maximum atomic E-state index is 2.63. The first-order valence-corrected chi connectivity index (χ1v) is 23.3. The molecule has 1 unspecified atom stereocenters. The lowest BCUT2D eigenvalue weighted by atomic mass is 9.74. The molecule has 0 radical (unpaired) electrons. The molecule has 13 rings (SSSR count). The first kappa shape index (κ1) is 36.7. The quantitative estimate of drug-likeness (QED) is 0.163. The molecule has 0 amide bonds. The van der Waals surface area contributed by atoms with E-state index in [-0.39, 0.29) is 5.41 Å². The summed E-state index contributed by atoms with van der Waals surface area (Å²) in [5.74, 6) is 0. The Bertz CT molecular complexity index is 3160. The molecule has 2 nitrogen and oxygen atoms in total. The fraction of sp³-hybridized carbons (Fsp3) is 0.180. The number of hydrogen-bond donors (Lipinski definition) is 0. The van der Waals surface area contributed by atoms with Gasteiger partial charge < -0.3 is 9.80 Å². The molecule has 2 aliphatic heterocycles. The van der Waals surface area contributed by atoms with Crippen LogP contribution in [0.5, 0.6) is 0 Å². The molecule has 63 heavy (non-hydrogen) atoms. The zero-order chi connectivity index (χ0) is 41.5. The van der Waals surface area contributed by atoms with Crippen LogP contribution in [-0.4, -0.2) is 0 Å². The second-order valence-electron chi connectivity index (χ2n) is 18.6. The molecule has 1 spiro atoms. The van der Waals surface area contributed by atoms with Crippen LogP contribution in [0.2, 0.25) is 0 Å². The number of anilines is 5. The van der Waals surface area contributed by atoms with E-state index < -0.39 is 0 Å². The van der Waals surface area contributed by atoms with Gasteiger partial charge in [-0.2, -0.15) is 0 Å². The van der Waals surface area contributed by atoms with Crippen molar-refractivity contribution in [1.29, 1.82) is 0 Å². The number of aryl methyl sites for hydroxylation is 3. The SMILES string of the molecule is C1=CC2=C(CC1)CC1(C2)c2cc(/C=C/c3cccc4c(N5c6ccccc6CCc6ccccc65)cccc34)ccc2-c2ccc(N3C4=C(C=CCC4)CCc4ccccc43)cc21. The van der Waals surface area contributed by atoms with Crippen LogP contribution in [-0.2, 0) is 24.7 Å². The van der Waals surface area contributed by atoms with Crippen molar-refractivity contribution in [2.24, 2.45) is 0 Å². The minimum absolute atomic E-state index is 0.0764. The van der Waals surface area contributed by atoms with Crippen LogP contribution in [0.1, 0.15) is 83.9 Å². The average molecular weight is 811 g/mol. The standard InChI is InChI=1S/C61H50N2/c1-2-18-48-40-61(39-47(48)17-1)54-37-41(28-35-51(54)52-36-34-49(38-55(52)61)62-56-22-7-3-13-43(56)30-31-44-14-4-8-23-57(44)62)27-29-42-19-11-21-53-50(42)20-12-26-60(53)63-58-24-9-5-15-45(58)32-33-46-16-6-10-25-59(46)63/h1,3-7,9-17,19-22,24-29,34-38H,2,8,18,23,30-33,39-40H2/b29-27+. The van der Waals surface area contributed by atoms with Gasteiger partial charge in [0, 0.05) is 39.2 Å². The van der Waals surface area contributed by atoms with Gasteiger partial charge in [0.15, 0.2) is 0 Å². The zero-order valence-electron chi connectivity index (χ0n) is 35.8. The van der Waals surface area contributed by atoms with Gasteiger partial charge in [-0.25, -0.2) is 0 Å². The molecule has 0 saturated carbocycles. The first-order chi connectivity index (χ1) is 31.2. The van der Waals surface area contributed by atoms with Gasteiger partial charge in [0.2, 0.25) is 0 Å². The second kappa shape index (κ2) is 14.6. The molecule has 2 heteroatoms. The molecule has 6 aliphatic rings. The Morgan fingerprint density at radius 1 is 0.444 bits per heavy atom. The van der Waals surface area contributed by atoms with E-state index in [1.165, 1.54) is 107 Å². The van der Waals surface area contributed by atoms with Crippen molar-refractivity contribution in [3.63, 3.8) is 0 Å². The maximum absolute atomic E-state index is 2.63. The van der Waals surface area contributed by atoms with E-state index in [2.05, 4.69) is 192 Å². The molecule has 1 atom stereocenters. The van der Waals surface area contributed by atoms with Gasteiger partial charge in [-0.1, -0.05) is 151 Å². The third kappa shape index (κ3) is 5.84. The van der Waals surface area contributed by atoms with Crippen LogP contribution < -0.4 is 9.80 Å². The Kier molecular flexibility index (Phi) is 8.51. The van der Waals surface area contributed by atoms with E-state index in [1.807, 2.05) is 0 Å². The number of nitrogens with zero attached hydrogens (tertiary/aromatic N) is 2.